The molecule has 0 atom stereocenters. The average Bonchev–Trinajstić information content (AvgIpc) is 2.23. The van der Waals surface area contributed by atoms with Crippen LogP contribution in [0.1, 0.15) is 46.5 Å². The van der Waals surface area contributed by atoms with Gasteiger partial charge in [0.15, 0.2) is 0 Å². The summed E-state index contributed by atoms with van der Waals surface area (Å²) in [5.74, 6) is 0.255. The molecule has 1 aliphatic carbocycles. The van der Waals surface area contributed by atoms with Crippen molar-refractivity contribution >= 4 is 11.8 Å². The molecule has 1 rings (SSSR count). The number of nitrogens with one attached hydrogen (secondary N) is 2. The minimum atomic E-state index is -0.0568. The van der Waals surface area contributed by atoms with Gasteiger partial charge in [-0.15, -0.1) is 0 Å². The fourth-order valence-corrected chi connectivity index (χ4v) is 2.23. The van der Waals surface area contributed by atoms with Crippen LogP contribution in [0.3, 0.4) is 0 Å². The van der Waals surface area contributed by atoms with Crippen LogP contribution in [0.15, 0.2) is 0 Å². The van der Waals surface area contributed by atoms with Crippen LogP contribution in [0.2, 0.25) is 0 Å². The molecule has 0 saturated heterocycles. The number of amides is 2. The maximum absolute atomic E-state index is 11.8. The molecule has 0 heterocycles. The highest BCUT2D eigenvalue weighted by Gasteiger charge is 2.30. The summed E-state index contributed by atoms with van der Waals surface area (Å²) in [6, 6.07) is 0. The zero-order valence-electron chi connectivity index (χ0n) is 11.1. The highest BCUT2D eigenvalue weighted by molar-refractivity contribution is 5.78. The highest BCUT2D eigenvalue weighted by Crippen LogP contribution is 2.37. The van der Waals surface area contributed by atoms with Crippen molar-refractivity contribution in [2.45, 2.75) is 46.5 Å². The van der Waals surface area contributed by atoms with Crippen molar-refractivity contribution in [3.63, 3.8) is 0 Å². The first-order valence-corrected chi connectivity index (χ1v) is 6.43. The summed E-state index contributed by atoms with van der Waals surface area (Å²) >= 11 is 0. The summed E-state index contributed by atoms with van der Waals surface area (Å²) < 4.78 is 0. The van der Waals surface area contributed by atoms with Gasteiger partial charge >= 0.3 is 0 Å². The van der Waals surface area contributed by atoms with Gasteiger partial charge in [0.2, 0.25) is 11.8 Å². The standard InChI is InChI=1S/C13H24N2O2/c1-10(16)14-8-9-15-12(17)11-4-6-13(2,3)7-5-11/h11H,4-9H2,1-3H3,(H,14,16)(H,15,17). The first-order chi connectivity index (χ1) is 7.91. The van der Waals surface area contributed by atoms with E-state index in [0.29, 0.717) is 18.5 Å². The molecule has 0 aromatic heterocycles. The monoisotopic (exact) mass is 240 g/mol. The number of hydrogen-bond donors (Lipinski definition) is 2. The van der Waals surface area contributed by atoms with Gasteiger partial charge in [-0.05, 0) is 31.1 Å². The smallest absolute Gasteiger partial charge is 0.223 e. The Morgan fingerprint density at radius 2 is 1.65 bits per heavy atom. The van der Waals surface area contributed by atoms with Crippen molar-refractivity contribution in [1.29, 1.82) is 0 Å². The van der Waals surface area contributed by atoms with Crippen LogP contribution < -0.4 is 10.6 Å². The SMILES string of the molecule is CC(=O)NCCNC(=O)C1CCC(C)(C)CC1. The second-order valence-corrected chi connectivity index (χ2v) is 5.71. The predicted octanol–water partition coefficient (Wildman–Crippen LogP) is 1.46. The molecule has 0 bridgehead atoms. The molecule has 2 amide bonds. The van der Waals surface area contributed by atoms with Crippen LogP contribution in [0, 0.1) is 11.3 Å². The molecular formula is C13H24N2O2. The third-order valence-electron chi connectivity index (χ3n) is 3.51. The zero-order chi connectivity index (χ0) is 12.9. The van der Waals surface area contributed by atoms with E-state index in [1.807, 2.05) is 0 Å². The molecule has 1 aliphatic rings. The van der Waals surface area contributed by atoms with Crippen molar-refractivity contribution in [2.75, 3.05) is 13.1 Å². The summed E-state index contributed by atoms with van der Waals surface area (Å²) in [6.07, 6.45) is 4.21. The van der Waals surface area contributed by atoms with E-state index in [1.165, 1.54) is 6.92 Å². The second-order valence-electron chi connectivity index (χ2n) is 5.71. The summed E-state index contributed by atoms with van der Waals surface area (Å²) in [7, 11) is 0. The van der Waals surface area contributed by atoms with Gasteiger partial charge in [-0.1, -0.05) is 13.8 Å². The quantitative estimate of drug-likeness (QED) is 0.731. The molecular weight excluding hydrogens is 216 g/mol. The van der Waals surface area contributed by atoms with Gasteiger partial charge in [-0.3, -0.25) is 9.59 Å². The van der Waals surface area contributed by atoms with Crippen LogP contribution in [0.5, 0.6) is 0 Å². The van der Waals surface area contributed by atoms with Crippen molar-refractivity contribution in [3.8, 4) is 0 Å². The normalized spacial score (nSPS) is 19.7. The van der Waals surface area contributed by atoms with E-state index in [0.717, 1.165) is 25.7 Å². The molecule has 0 spiro atoms. The summed E-state index contributed by atoms with van der Waals surface area (Å²) in [5, 5.41) is 5.54. The lowest BCUT2D eigenvalue weighted by atomic mass is 9.73. The van der Waals surface area contributed by atoms with Crippen LogP contribution in [0.4, 0.5) is 0 Å². The van der Waals surface area contributed by atoms with Crippen molar-refractivity contribution in [1.82, 2.24) is 10.6 Å². The third kappa shape index (κ3) is 5.20. The molecule has 98 valence electrons. The average molecular weight is 240 g/mol. The number of hydrogen-bond acceptors (Lipinski definition) is 2. The van der Waals surface area contributed by atoms with Gasteiger partial charge in [0.05, 0.1) is 0 Å². The van der Waals surface area contributed by atoms with Crippen molar-refractivity contribution in [3.05, 3.63) is 0 Å². The topological polar surface area (TPSA) is 58.2 Å². The van der Waals surface area contributed by atoms with E-state index >= 15 is 0 Å². The molecule has 0 aromatic carbocycles. The molecule has 0 aromatic rings. The van der Waals surface area contributed by atoms with Gasteiger partial charge in [0.25, 0.3) is 0 Å². The number of rotatable bonds is 4. The van der Waals surface area contributed by atoms with Crippen LogP contribution in [-0.4, -0.2) is 24.9 Å². The van der Waals surface area contributed by atoms with Gasteiger partial charge in [0.1, 0.15) is 0 Å². The molecule has 1 fully saturated rings. The minimum Gasteiger partial charge on any atom is -0.355 e. The Balaban J connectivity index is 2.18. The Bertz CT molecular complexity index is 277. The Kier molecular flexibility index (Phi) is 4.97. The lowest BCUT2D eigenvalue weighted by Crippen LogP contribution is -2.38. The second kappa shape index (κ2) is 6.03. The Hall–Kier alpha value is -1.06. The van der Waals surface area contributed by atoms with Crippen LogP contribution >= 0.6 is 0 Å². The molecule has 2 N–H and O–H groups in total. The molecule has 0 radical (unpaired) electrons. The molecule has 1 saturated carbocycles. The molecule has 17 heavy (non-hydrogen) atoms. The fraction of sp³-hybridized carbons (Fsp3) is 0.846. The maximum Gasteiger partial charge on any atom is 0.223 e. The van der Waals surface area contributed by atoms with E-state index in [-0.39, 0.29) is 17.7 Å². The summed E-state index contributed by atoms with van der Waals surface area (Å²) in [5.41, 5.74) is 0.396. The predicted molar refractivity (Wildman–Crippen MR) is 67.4 cm³/mol. The van der Waals surface area contributed by atoms with E-state index in [4.69, 9.17) is 0 Å². The van der Waals surface area contributed by atoms with Crippen LogP contribution in [0.25, 0.3) is 0 Å². The molecule has 0 unspecified atom stereocenters. The number of carbonyl (C=O) groups is 2. The van der Waals surface area contributed by atoms with E-state index in [2.05, 4.69) is 24.5 Å². The molecule has 0 aliphatic heterocycles. The Morgan fingerprint density at radius 1 is 1.12 bits per heavy atom. The van der Waals surface area contributed by atoms with E-state index in [1.54, 1.807) is 0 Å². The van der Waals surface area contributed by atoms with Crippen molar-refractivity contribution in [2.24, 2.45) is 11.3 Å². The highest BCUT2D eigenvalue weighted by atomic mass is 16.2. The third-order valence-corrected chi connectivity index (χ3v) is 3.51. The van der Waals surface area contributed by atoms with E-state index < -0.39 is 0 Å². The lowest BCUT2D eigenvalue weighted by Gasteiger charge is -2.33. The summed E-state index contributed by atoms with van der Waals surface area (Å²) in [6.45, 7) is 7.04. The Morgan fingerprint density at radius 3 is 2.18 bits per heavy atom. The largest absolute Gasteiger partial charge is 0.355 e. The van der Waals surface area contributed by atoms with Gasteiger partial charge in [-0.2, -0.15) is 0 Å². The fourth-order valence-electron chi connectivity index (χ4n) is 2.23. The van der Waals surface area contributed by atoms with Gasteiger partial charge in [0, 0.05) is 25.9 Å². The number of carbonyl (C=O) groups excluding carboxylic acids is 2. The zero-order valence-corrected chi connectivity index (χ0v) is 11.1. The van der Waals surface area contributed by atoms with Crippen molar-refractivity contribution < 1.29 is 9.59 Å². The first-order valence-electron chi connectivity index (χ1n) is 6.43. The Labute approximate surface area is 104 Å². The van der Waals surface area contributed by atoms with Gasteiger partial charge < -0.3 is 10.6 Å². The van der Waals surface area contributed by atoms with E-state index in [9.17, 15) is 9.59 Å². The minimum absolute atomic E-state index is 0.0568. The first kappa shape index (κ1) is 14.0. The van der Waals surface area contributed by atoms with Gasteiger partial charge in [-0.25, -0.2) is 0 Å². The molecule has 4 heteroatoms. The lowest BCUT2D eigenvalue weighted by molar-refractivity contribution is -0.126. The molecule has 4 nitrogen and oxygen atoms in total. The van der Waals surface area contributed by atoms with Crippen LogP contribution in [-0.2, 0) is 9.59 Å². The summed E-state index contributed by atoms with van der Waals surface area (Å²) in [4.78, 5) is 22.5. The maximum atomic E-state index is 11.8.